The van der Waals surface area contributed by atoms with E-state index in [-0.39, 0.29) is 23.3 Å². The molecule has 6 atom stereocenters. The Morgan fingerprint density at radius 1 is 1.18 bits per heavy atom. The Morgan fingerprint density at radius 2 is 2.03 bits per heavy atom. The van der Waals surface area contributed by atoms with Gasteiger partial charge in [-0.15, -0.1) is 0 Å². The van der Waals surface area contributed by atoms with Gasteiger partial charge in [-0.1, -0.05) is 50.0 Å². The molecule has 2 aromatic carbocycles. The number of primary amides is 1. The van der Waals surface area contributed by atoms with Gasteiger partial charge in [0.05, 0.1) is 14.0 Å². The number of carbonyl (C=O) groups excluding carboxylic acids is 1. The molecule has 1 amide bonds. The van der Waals surface area contributed by atoms with Crippen LogP contribution in [0.25, 0.3) is 0 Å². The predicted octanol–water partition coefficient (Wildman–Crippen LogP) is 4.99. The molecule has 5 rings (SSSR count). The molecule has 3 N–H and O–H groups in total. The van der Waals surface area contributed by atoms with Gasteiger partial charge in [-0.2, -0.15) is 0 Å². The molecule has 0 bridgehead atoms. The van der Waals surface area contributed by atoms with Gasteiger partial charge in [-0.25, -0.2) is 0 Å². The maximum Gasteiger partial charge on any atom is 0.248 e. The lowest BCUT2D eigenvalue weighted by atomic mass is 9.55. The van der Waals surface area contributed by atoms with E-state index < -0.39 is 0 Å². The number of carbonyl (C=O) groups is 1. The number of rotatable bonds is 6. The fraction of sp³-hybridized carbons (Fsp3) is 0.552. The Bertz CT molecular complexity index is 1040. The van der Waals surface area contributed by atoms with E-state index in [9.17, 15) is 9.90 Å². The van der Waals surface area contributed by atoms with Gasteiger partial charge >= 0.3 is 0 Å². The first-order chi connectivity index (χ1) is 15.9. The number of hydrogen-bond acceptors (Lipinski definition) is 2. The zero-order chi connectivity index (χ0) is 23.2. The summed E-state index contributed by atoms with van der Waals surface area (Å²) in [5.41, 5.74) is 11.7. The third kappa shape index (κ3) is 4.05. The van der Waals surface area contributed by atoms with Gasteiger partial charge in [0.25, 0.3) is 0 Å². The van der Waals surface area contributed by atoms with Crippen molar-refractivity contribution in [1.29, 1.82) is 0 Å². The van der Waals surface area contributed by atoms with Crippen LogP contribution >= 0.6 is 0 Å². The SMILES string of the molecule is [B]CCCc1ccc2c(c1)CCC1[C@@H]2CC[C@@]2(C)[C@H]1C[C@H](Cc1cccc(C(N)=O)c1)[C@@H]2O. The summed E-state index contributed by atoms with van der Waals surface area (Å²) in [5, 5.41) is 11.5. The number of fused-ring (bicyclic) bond motifs is 5. The molecule has 0 spiro atoms. The largest absolute Gasteiger partial charge is 0.392 e. The fourth-order valence-corrected chi connectivity index (χ4v) is 7.60. The fourth-order valence-electron chi connectivity index (χ4n) is 7.60. The van der Waals surface area contributed by atoms with Crippen LogP contribution < -0.4 is 5.73 Å². The van der Waals surface area contributed by atoms with Gasteiger partial charge in [0, 0.05) is 5.56 Å². The van der Waals surface area contributed by atoms with E-state index in [0.717, 1.165) is 50.4 Å². The number of aliphatic hydroxyl groups is 1. The Balaban J connectivity index is 1.36. The van der Waals surface area contributed by atoms with Crippen molar-refractivity contribution in [3.05, 3.63) is 70.3 Å². The van der Waals surface area contributed by atoms with E-state index in [0.29, 0.717) is 23.3 Å². The van der Waals surface area contributed by atoms with Gasteiger partial charge in [-0.3, -0.25) is 4.79 Å². The number of amides is 1. The third-order valence-corrected chi connectivity index (χ3v) is 9.29. The summed E-state index contributed by atoms with van der Waals surface area (Å²) in [6, 6.07) is 14.8. The summed E-state index contributed by atoms with van der Waals surface area (Å²) in [6.07, 6.45) is 9.11. The molecule has 4 heteroatoms. The summed E-state index contributed by atoms with van der Waals surface area (Å²) < 4.78 is 0. The van der Waals surface area contributed by atoms with Crippen molar-refractivity contribution >= 4 is 13.8 Å². The molecule has 0 saturated heterocycles. The number of hydrogen-bond donors (Lipinski definition) is 2. The van der Waals surface area contributed by atoms with Gasteiger partial charge in [-0.05, 0) is 108 Å². The summed E-state index contributed by atoms with van der Waals surface area (Å²) in [7, 11) is 5.71. The van der Waals surface area contributed by atoms with Gasteiger partial charge in [0.1, 0.15) is 0 Å². The Kier molecular flexibility index (Phi) is 6.16. The van der Waals surface area contributed by atoms with Crippen LogP contribution in [0.15, 0.2) is 42.5 Å². The second kappa shape index (κ2) is 8.94. The first kappa shape index (κ1) is 22.7. The minimum Gasteiger partial charge on any atom is -0.392 e. The third-order valence-electron chi connectivity index (χ3n) is 9.29. The molecule has 2 radical (unpaired) electrons. The van der Waals surface area contributed by atoms with E-state index in [1.54, 1.807) is 17.2 Å². The Morgan fingerprint density at radius 3 is 2.82 bits per heavy atom. The van der Waals surface area contributed by atoms with Crippen LogP contribution in [0.5, 0.6) is 0 Å². The lowest BCUT2D eigenvalue weighted by Gasteiger charge is -2.50. The normalized spacial score (nSPS) is 32.6. The molecule has 172 valence electrons. The molecule has 2 saturated carbocycles. The zero-order valence-corrected chi connectivity index (χ0v) is 19.8. The Labute approximate surface area is 199 Å². The molecular formula is C29H36BNO2. The first-order valence-electron chi connectivity index (χ1n) is 12.8. The number of aryl methyl sites for hydroxylation is 2. The van der Waals surface area contributed by atoms with Gasteiger partial charge in [0.15, 0.2) is 0 Å². The lowest BCUT2D eigenvalue weighted by Crippen LogP contribution is -2.44. The van der Waals surface area contributed by atoms with Crippen LogP contribution in [-0.4, -0.2) is 25.0 Å². The topological polar surface area (TPSA) is 63.3 Å². The highest BCUT2D eigenvalue weighted by atomic mass is 16.3. The summed E-state index contributed by atoms with van der Waals surface area (Å²) in [4.78, 5) is 11.6. The molecule has 2 aromatic rings. The predicted molar refractivity (Wildman–Crippen MR) is 133 cm³/mol. The van der Waals surface area contributed by atoms with E-state index in [4.69, 9.17) is 13.6 Å². The Hall–Kier alpha value is -2.07. The van der Waals surface area contributed by atoms with Crippen LogP contribution in [0.2, 0.25) is 6.32 Å². The summed E-state index contributed by atoms with van der Waals surface area (Å²) >= 11 is 0. The molecule has 2 fully saturated rings. The molecule has 1 unspecified atom stereocenters. The highest BCUT2D eigenvalue weighted by Gasteiger charge is 2.57. The standard InChI is InChI=1S/C29H36BNO2/c1-29-12-11-24-23-9-7-18(5-3-13-30)14-20(23)8-10-25(24)26(29)17-22(27(29)32)16-19-4-2-6-21(15-19)28(31)33/h2,4,6-7,9,14-15,22,24-27,32H,3,5,8,10-13,16-17H2,1H3,(H2,31,33)/t22-,24+,25?,26-,27-,29-/m0/s1. The molecule has 3 nitrogen and oxygen atoms in total. The van der Waals surface area contributed by atoms with Crippen molar-refractivity contribution in [2.45, 2.75) is 76.6 Å². The summed E-state index contributed by atoms with van der Waals surface area (Å²) in [6.45, 7) is 2.34. The van der Waals surface area contributed by atoms with Crippen LogP contribution in [0.1, 0.15) is 77.6 Å². The van der Waals surface area contributed by atoms with Crippen molar-refractivity contribution in [2.75, 3.05) is 0 Å². The van der Waals surface area contributed by atoms with Crippen molar-refractivity contribution in [3.8, 4) is 0 Å². The highest BCUT2D eigenvalue weighted by Crippen LogP contribution is 2.62. The number of aliphatic hydroxyl groups excluding tert-OH is 1. The van der Waals surface area contributed by atoms with Crippen LogP contribution in [-0.2, 0) is 19.3 Å². The molecule has 0 aliphatic heterocycles. The maximum absolute atomic E-state index is 11.6. The average molecular weight is 441 g/mol. The highest BCUT2D eigenvalue weighted by molar-refractivity contribution is 6.08. The van der Waals surface area contributed by atoms with Crippen LogP contribution in [0.4, 0.5) is 0 Å². The lowest BCUT2D eigenvalue weighted by molar-refractivity contribution is -0.0325. The number of benzene rings is 2. The molecule has 3 aliphatic rings. The van der Waals surface area contributed by atoms with E-state index in [1.165, 1.54) is 18.4 Å². The van der Waals surface area contributed by atoms with Crippen molar-refractivity contribution < 1.29 is 9.90 Å². The molecule has 0 heterocycles. The van der Waals surface area contributed by atoms with E-state index in [1.807, 2.05) is 12.1 Å². The minimum absolute atomic E-state index is 0.00823. The quantitative estimate of drug-likeness (QED) is 0.621. The second-order valence-corrected chi connectivity index (χ2v) is 11.1. The maximum atomic E-state index is 11.6. The van der Waals surface area contributed by atoms with Crippen molar-refractivity contribution in [2.24, 2.45) is 28.9 Å². The summed E-state index contributed by atoms with van der Waals surface area (Å²) in [5.74, 6) is 1.68. The monoisotopic (exact) mass is 441 g/mol. The number of nitrogens with two attached hydrogens (primary N) is 1. The molecule has 0 aromatic heterocycles. The van der Waals surface area contributed by atoms with Gasteiger partial charge < -0.3 is 10.8 Å². The average Bonchev–Trinajstić information content (AvgIpc) is 3.07. The van der Waals surface area contributed by atoms with Crippen molar-refractivity contribution in [1.82, 2.24) is 0 Å². The smallest absolute Gasteiger partial charge is 0.248 e. The van der Waals surface area contributed by atoms with E-state index in [2.05, 4.69) is 31.2 Å². The van der Waals surface area contributed by atoms with E-state index >= 15 is 0 Å². The molecular weight excluding hydrogens is 405 g/mol. The minimum atomic E-state index is -0.389. The van der Waals surface area contributed by atoms with Gasteiger partial charge in [0.2, 0.25) is 5.91 Å². The first-order valence-corrected chi connectivity index (χ1v) is 12.8. The van der Waals surface area contributed by atoms with Crippen LogP contribution in [0, 0.1) is 23.2 Å². The van der Waals surface area contributed by atoms with Crippen molar-refractivity contribution in [3.63, 3.8) is 0 Å². The molecule has 33 heavy (non-hydrogen) atoms. The molecule has 3 aliphatic carbocycles. The zero-order valence-electron chi connectivity index (χ0n) is 19.8. The van der Waals surface area contributed by atoms with Crippen LogP contribution in [0.3, 0.4) is 0 Å². The second-order valence-electron chi connectivity index (χ2n) is 11.1.